The lowest BCUT2D eigenvalue weighted by Gasteiger charge is -2.26. The average molecular weight is 363 g/mol. The van der Waals surface area contributed by atoms with E-state index in [0.29, 0.717) is 31.8 Å². The van der Waals surface area contributed by atoms with Crippen molar-refractivity contribution in [3.05, 3.63) is 0 Å². The Kier molecular flexibility index (Phi) is 9.01. The Balaban J connectivity index is 2.25. The molecule has 1 rings (SSSR count). The molecule has 1 aliphatic rings. The summed E-state index contributed by atoms with van der Waals surface area (Å²) in [7, 11) is -1.55. The van der Waals surface area contributed by atoms with Crippen molar-refractivity contribution in [3.8, 4) is 0 Å². The number of nitrogens with zero attached hydrogens (tertiary/aromatic N) is 1. The zero-order chi connectivity index (χ0) is 18.1. The molecule has 0 aromatic heterocycles. The number of aliphatic imine (C=N–C) groups is 1. The minimum Gasteiger partial charge on any atom is -0.376 e. The largest absolute Gasteiger partial charge is 0.376 e. The summed E-state index contributed by atoms with van der Waals surface area (Å²) in [6.07, 6.45) is 9.07. The lowest BCUT2D eigenvalue weighted by Crippen LogP contribution is -2.53. The van der Waals surface area contributed by atoms with Crippen molar-refractivity contribution in [2.45, 2.75) is 64.0 Å². The predicted octanol–water partition coefficient (Wildman–Crippen LogP) is 1.22. The fourth-order valence-corrected chi connectivity index (χ4v) is 3.94. The van der Waals surface area contributed by atoms with Crippen LogP contribution < -0.4 is 15.4 Å². The zero-order valence-corrected chi connectivity index (χ0v) is 16.3. The minimum absolute atomic E-state index is 0.391. The number of hydrogen-bond acceptors (Lipinski definition) is 4. The lowest BCUT2D eigenvalue weighted by molar-refractivity contribution is 0.0468. The van der Waals surface area contributed by atoms with Gasteiger partial charge in [-0.05, 0) is 26.7 Å². The van der Waals surface area contributed by atoms with Gasteiger partial charge in [-0.2, -0.15) is 0 Å². The smallest absolute Gasteiger partial charge is 0.209 e. The molecular weight excluding hydrogens is 328 g/mol. The molecule has 1 saturated carbocycles. The molecule has 0 aromatic rings. The first-order chi connectivity index (χ1) is 11.2. The lowest BCUT2D eigenvalue weighted by atomic mass is 10.1. The molecule has 0 unspecified atom stereocenters. The standard InChI is InChI=1S/C16H34N4O3S/c1-16(2,20-24(4,21)22)13-19-15(17-3)18-11-12-23-14-9-7-5-6-8-10-14/h14,20H,5-13H2,1-4H3,(H2,17,18,19). The van der Waals surface area contributed by atoms with Gasteiger partial charge >= 0.3 is 0 Å². The Hall–Kier alpha value is -0.860. The second-order valence-corrected chi connectivity index (χ2v) is 8.84. The molecular formula is C16H34N4O3S. The Morgan fingerprint density at radius 2 is 1.79 bits per heavy atom. The van der Waals surface area contributed by atoms with Crippen LogP contribution in [0.2, 0.25) is 0 Å². The molecule has 7 nitrogen and oxygen atoms in total. The van der Waals surface area contributed by atoms with Gasteiger partial charge in [-0.1, -0.05) is 25.7 Å². The average Bonchev–Trinajstić information content (AvgIpc) is 2.72. The van der Waals surface area contributed by atoms with E-state index in [0.717, 1.165) is 6.26 Å². The first-order valence-corrected chi connectivity index (χ1v) is 10.7. The van der Waals surface area contributed by atoms with E-state index in [4.69, 9.17) is 4.74 Å². The van der Waals surface area contributed by atoms with Crippen molar-refractivity contribution < 1.29 is 13.2 Å². The molecule has 3 N–H and O–H groups in total. The molecule has 0 bridgehead atoms. The molecule has 0 aromatic carbocycles. The van der Waals surface area contributed by atoms with E-state index in [9.17, 15) is 8.42 Å². The SMILES string of the molecule is CN=C(NCCOC1CCCCCC1)NCC(C)(C)NS(C)(=O)=O. The Morgan fingerprint density at radius 1 is 1.17 bits per heavy atom. The van der Waals surface area contributed by atoms with Gasteiger partial charge in [-0.3, -0.25) is 4.99 Å². The highest BCUT2D eigenvalue weighted by Gasteiger charge is 2.22. The van der Waals surface area contributed by atoms with Crippen LogP contribution >= 0.6 is 0 Å². The van der Waals surface area contributed by atoms with E-state index in [2.05, 4.69) is 20.3 Å². The van der Waals surface area contributed by atoms with Gasteiger partial charge < -0.3 is 15.4 Å². The highest BCUT2D eigenvalue weighted by atomic mass is 32.2. The van der Waals surface area contributed by atoms with Crippen molar-refractivity contribution in [1.29, 1.82) is 0 Å². The van der Waals surface area contributed by atoms with Gasteiger partial charge in [0.1, 0.15) is 0 Å². The predicted molar refractivity (Wildman–Crippen MR) is 98.9 cm³/mol. The monoisotopic (exact) mass is 362 g/mol. The van der Waals surface area contributed by atoms with Crippen LogP contribution in [-0.4, -0.2) is 59.0 Å². The second-order valence-electron chi connectivity index (χ2n) is 7.10. The molecule has 8 heteroatoms. The minimum atomic E-state index is -3.24. The molecule has 0 atom stereocenters. The third kappa shape index (κ3) is 10.1. The van der Waals surface area contributed by atoms with Gasteiger partial charge in [0.15, 0.2) is 5.96 Å². The van der Waals surface area contributed by atoms with E-state index in [1.807, 2.05) is 13.8 Å². The van der Waals surface area contributed by atoms with Gasteiger partial charge in [-0.25, -0.2) is 13.1 Å². The van der Waals surface area contributed by atoms with Gasteiger partial charge in [0.05, 0.1) is 19.0 Å². The van der Waals surface area contributed by atoms with Crippen LogP contribution in [0, 0.1) is 0 Å². The maximum Gasteiger partial charge on any atom is 0.209 e. The Morgan fingerprint density at radius 3 is 2.33 bits per heavy atom. The highest BCUT2D eigenvalue weighted by Crippen LogP contribution is 2.19. The summed E-state index contributed by atoms with van der Waals surface area (Å²) in [6, 6.07) is 0. The number of ether oxygens (including phenoxy) is 1. The molecule has 0 radical (unpaired) electrons. The van der Waals surface area contributed by atoms with Crippen LogP contribution in [0.4, 0.5) is 0 Å². The normalized spacial score (nSPS) is 18.2. The summed E-state index contributed by atoms with van der Waals surface area (Å²) in [6.45, 7) is 5.41. The van der Waals surface area contributed by atoms with E-state index in [1.165, 1.54) is 38.5 Å². The molecule has 1 aliphatic carbocycles. The molecule has 0 heterocycles. The number of hydrogen-bond donors (Lipinski definition) is 3. The summed E-state index contributed by atoms with van der Waals surface area (Å²) in [5.41, 5.74) is -0.595. The highest BCUT2D eigenvalue weighted by molar-refractivity contribution is 7.88. The summed E-state index contributed by atoms with van der Waals surface area (Å²) in [5, 5.41) is 6.33. The van der Waals surface area contributed by atoms with Crippen LogP contribution in [-0.2, 0) is 14.8 Å². The van der Waals surface area contributed by atoms with Crippen LogP contribution in [0.5, 0.6) is 0 Å². The fourth-order valence-electron chi connectivity index (χ4n) is 2.87. The third-order valence-corrected chi connectivity index (χ3v) is 4.86. The van der Waals surface area contributed by atoms with Crippen LogP contribution in [0.1, 0.15) is 52.4 Å². The molecule has 1 fully saturated rings. The summed E-state index contributed by atoms with van der Waals surface area (Å²) in [5.74, 6) is 0.642. The van der Waals surface area contributed by atoms with Crippen molar-refractivity contribution >= 4 is 16.0 Å². The summed E-state index contributed by atoms with van der Waals surface area (Å²) < 4.78 is 31.2. The number of rotatable bonds is 8. The van der Waals surface area contributed by atoms with Crippen molar-refractivity contribution in [2.75, 3.05) is 33.0 Å². The zero-order valence-electron chi connectivity index (χ0n) is 15.5. The van der Waals surface area contributed by atoms with Gasteiger partial charge in [-0.15, -0.1) is 0 Å². The molecule has 24 heavy (non-hydrogen) atoms. The third-order valence-electron chi connectivity index (χ3n) is 3.93. The first-order valence-electron chi connectivity index (χ1n) is 8.77. The number of nitrogens with one attached hydrogen (secondary N) is 3. The number of guanidine groups is 1. The van der Waals surface area contributed by atoms with Gasteiger partial charge in [0.25, 0.3) is 0 Å². The second kappa shape index (κ2) is 10.2. The van der Waals surface area contributed by atoms with Gasteiger partial charge in [0.2, 0.25) is 10.0 Å². The van der Waals surface area contributed by atoms with Crippen molar-refractivity contribution in [2.24, 2.45) is 4.99 Å². The van der Waals surface area contributed by atoms with E-state index in [-0.39, 0.29) is 0 Å². The molecule has 142 valence electrons. The van der Waals surface area contributed by atoms with Crippen LogP contribution in [0.15, 0.2) is 4.99 Å². The molecule has 0 amide bonds. The Bertz CT molecular complexity index is 484. The molecule has 0 spiro atoms. The number of sulfonamides is 1. The summed E-state index contributed by atoms with van der Waals surface area (Å²) in [4.78, 5) is 4.15. The molecule has 0 saturated heterocycles. The first kappa shape index (κ1) is 21.2. The van der Waals surface area contributed by atoms with E-state index >= 15 is 0 Å². The maximum atomic E-state index is 11.3. The van der Waals surface area contributed by atoms with Crippen molar-refractivity contribution in [3.63, 3.8) is 0 Å². The van der Waals surface area contributed by atoms with Gasteiger partial charge in [0, 0.05) is 25.7 Å². The molecule has 0 aliphatic heterocycles. The van der Waals surface area contributed by atoms with Crippen LogP contribution in [0.25, 0.3) is 0 Å². The maximum absolute atomic E-state index is 11.3. The van der Waals surface area contributed by atoms with Crippen molar-refractivity contribution in [1.82, 2.24) is 15.4 Å². The quantitative estimate of drug-likeness (QED) is 0.261. The van der Waals surface area contributed by atoms with Crippen LogP contribution in [0.3, 0.4) is 0 Å². The Labute approximate surface area is 147 Å². The van der Waals surface area contributed by atoms with E-state index < -0.39 is 15.6 Å². The topological polar surface area (TPSA) is 91.8 Å². The van der Waals surface area contributed by atoms with E-state index in [1.54, 1.807) is 7.05 Å². The fraction of sp³-hybridized carbons (Fsp3) is 0.938. The summed E-state index contributed by atoms with van der Waals surface area (Å²) >= 11 is 0.